The number of fused-ring (bicyclic) bond motifs is 1. The van der Waals surface area contributed by atoms with Gasteiger partial charge in [0.15, 0.2) is 0 Å². The number of carbonyl (C=O) groups is 1. The first kappa shape index (κ1) is 27.3. The van der Waals surface area contributed by atoms with Crippen LogP contribution in [0.25, 0.3) is 0 Å². The minimum atomic E-state index is -0.515. The van der Waals surface area contributed by atoms with Crippen LogP contribution < -0.4 is 20.1 Å². The fraction of sp³-hybridized carbons (Fsp3) is 0.258. The first-order valence-corrected chi connectivity index (χ1v) is 14.4. The van der Waals surface area contributed by atoms with E-state index in [0.29, 0.717) is 47.0 Å². The normalized spacial score (nSPS) is 14.3. The van der Waals surface area contributed by atoms with Crippen LogP contribution in [-0.4, -0.2) is 33.9 Å². The van der Waals surface area contributed by atoms with Crippen molar-refractivity contribution in [3.8, 4) is 11.5 Å². The van der Waals surface area contributed by atoms with Gasteiger partial charge in [0.25, 0.3) is 5.91 Å². The predicted molar refractivity (Wildman–Crippen MR) is 159 cm³/mol. The van der Waals surface area contributed by atoms with Crippen molar-refractivity contribution < 1.29 is 14.3 Å². The topological polar surface area (TPSA) is 90.3 Å². The van der Waals surface area contributed by atoms with E-state index in [9.17, 15) is 4.79 Å². The highest BCUT2D eigenvalue weighted by Gasteiger charge is 2.35. The van der Waals surface area contributed by atoms with Crippen molar-refractivity contribution in [3.63, 3.8) is 0 Å². The number of nitrogens with one attached hydrogen (secondary N) is 2. The summed E-state index contributed by atoms with van der Waals surface area (Å²) in [5.41, 5.74) is 3.92. The van der Waals surface area contributed by atoms with Crippen molar-refractivity contribution in [1.82, 2.24) is 14.8 Å². The van der Waals surface area contributed by atoms with E-state index >= 15 is 0 Å². The van der Waals surface area contributed by atoms with E-state index in [1.54, 1.807) is 16.4 Å². The van der Waals surface area contributed by atoms with E-state index in [0.717, 1.165) is 23.5 Å². The van der Waals surface area contributed by atoms with Crippen molar-refractivity contribution in [2.75, 3.05) is 23.8 Å². The van der Waals surface area contributed by atoms with Gasteiger partial charge in [0.1, 0.15) is 17.5 Å². The Morgan fingerprint density at radius 1 is 1.02 bits per heavy atom. The number of allylic oxidation sites excluding steroid dienone is 1. The van der Waals surface area contributed by atoms with Crippen LogP contribution in [0, 0.1) is 0 Å². The largest absolute Gasteiger partial charge is 0.494 e. The zero-order valence-corrected chi connectivity index (χ0v) is 23.7. The lowest BCUT2D eigenvalue weighted by atomic mass is 9.94. The van der Waals surface area contributed by atoms with E-state index in [4.69, 9.17) is 19.6 Å². The molecular formula is C31H33N5O3S. The van der Waals surface area contributed by atoms with Crippen molar-refractivity contribution in [1.29, 1.82) is 0 Å². The molecule has 1 aromatic heterocycles. The molecule has 0 spiro atoms. The number of hydrogen-bond acceptors (Lipinski definition) is 7. The Morgan fingerprint density at radius 3 is 2.62 bits per heavy atom. The molecule has 8 nitrogen and oxygen atoms in total. The molecule has 0 aliphatic carbocycles. The fourth-order valence-electron chi connectivity index (χ4n) is 4.55. The maximum atomic E-state index is 13.9. The maximum Gasteiger partial charge on any atom is 0.255 e. The molecule has 4 aromatic rings. The minimum Gasteiger partial charge on any atom is -0.494 e. The summed E-state index contributed by atoms with van der Waals surface area (Å²) in [6.45, 7) is 6.99. The number of thioether (sulfide) groups is 1. The van der Waals surface area contributed by atoms with Crippen LogP contribution in [0.2, 0.25) is 0 Å². The molecule has 0 saturated heterocycles. The number of carbonyl (C=O) groups excluding carboxylic acids is 1. The van der Waals surface area contributed by atoms with Crippen LogP contribution in [-0.2, 0) is 10.5 Å². The van der Waals surface area contributed by atoms with E-state index in [1.807, 2.05) is 80.6 Å². The number of nitrogens with zero attached hydrogens (tertiary/aromatic N) is 3. The molecule has 206 valence electrons. The number of aromatic nitrogens is 3. The van der Waals surface area contributed by atoms with Gasteiger partial charge in [-0.15, -0.1) is 5.10 Å². The van der Waals surface area contributed by atoms with Crippen molar-refractivity contribution in [3.05, 3.63) is 101 Å². The molecule has 2 heterocycles. The molecule has 0 bridgehead atoms. The number of ether oxygens (including phenoxy) is 2. The molecule has 1 amide bonds. The number of para-hydroxylation sites is 2. The highest BCUT2D eigenvalue weighted by Crippen LogP contribution is 2.38. The summed E-state index contributed by atoms with van der Waals surface area (Å²) in [6, 6.07) is 25.0. The second-order valence-corrected chi connectivity index (χ2v) is 10.2. The van der Waals surface area contributed by atoms with Crippen LogP contribution in [0.1, 0.15) is 44.4 Å². The smallest absolute Gasteiger partial charge is 0.255 e. The quantitative estimate of drug-likeness (QED) is 0.199. The van der Waals surface area contributed by atoms with Gasteiger partial charge in [-0.2, -0.15) is 4.98 Å². The van der Waals surface area contributed by atoms with Crippen LogP contribution in [0.15, 0.2) is 95.3 Å². The average molecular weight is 556 g/mol. The average Bonchev–Trinajstić information content (AvgIpc) is 3.38. The Balaban J connectivity index is 1.51. The number of rotatable bonds is 11. The summed E-state index contributed by atoms with van der Waals surface area (Å²) in [6.07, 6.45) is 0.901. The minimum absolute atomic E-state index is 0.248. The Morgan fingerprint density at radius 2 is 1.82 bits per heavy atom. The second-order valence-electron chi connectivity index (χ2n) is 9.31. The molecule has 5 rings (SSSR count). The van der Waals surface area contributed by atoms with Gasteiger partial charge in [0.2, 0.25) is 11.1 Å². The molecule has 1 aliphatic rings. The van der Waals surface area contributed by atoms with Crippen molar-refractivity contribution >= 4 is 29.3 Å². The van der Waals surface area contributed by atoms with Gasteiger partial charge >= 0.3 is 0 Å². The second kappa shape index (κ2) is 12.7. The molecule has 1 atom stereocenters. The molecule has 2 N–H and O–H groups in total. The van der Waals surface area contributed by atoms with E-state index < -0.39 is 6.04 Å². The zero-order chi connectivity index (χ0) is 27.9. The zero-order valence-electron chi connectivity index (χ0n) is 22.9. The van der Waals surface area contributed by atoms with Crippen molar-refractivity contribution in [2.45, 2.75) is 44.1 Å². The predicted octanol–water partition coefficient (Wildman–Crippen LogP) is 6.69. The number of amides is 1. The van der Waals surface area contributed by atoms with Crippen molar-refractivity contribution in [2.24, 2.45) is 0 Å². The number of anilines is 2. The monoisotopic (exact) mass is 555 g/mol. The third kappa shape index (κ3) is 6.15. The molecule has 0 radical (unpaired) electrons. The summed E-state index contributed by atoms with van der Waals surface area (Å²) >= 11 is 1.56. The molecule has 1 unspecified atom stereocenters. The van der Waals surface area contributed by atoms with Gasteiger partial charge in [-0.05, 0) is 55.7 Å². The summed E-state index contributed by atoms with van der Waals surface area (Å²) in [5.74, 6) is 2.44. The van der Waals surface area contributed by atoms with Gasteiger partial charge in [-0.25, -0.2) is 4.68 Å². The van der Waals surface area contributed by atoms with E-state index in [-0.39, 0.29) is 5.91 Å². The molecule has 0 fully saturated rings. The van der Waals surface area contributed by atoms with Gasteiger partial charge < -0.3 is 20.1 Å². The third-order valence-corrected chi connectivity index (χ3v) is 7.28. The van der Waals surface area contributed by atoms with Crippen LogP contribution in [0.5, 0.6) is 11.5 Å². The Kier molecular flexibility index (Phi) is 8.71. The first-order chi connectivity index (χ1) is 19.6. The van der Waals surface area contributed by atoms with Crippen LogP contribution >= 0.6 is 11.8 Å². The number of hydrogen-bond donors (Lipinski definition) is 2. The Bertz CT molecular complexity index is 1500. The highest BCUT2D eigenvalue weighted by molar-refractivity contribution is 7.98. The van der Waals surface area contributed by atoms with Gasteiger partial charge in [-0.3, -0.25) is 4.79 Å². The fourth-order valence-corrected chi connectivity index (χ4v) is 5.34. The SMILES string of the molecule is CCCOc1cccc(C2C(C(=O)Nc3ccccc3OCC)=C(C)Nc3nc(SCc4ccccc4)nn32)c1. The van der Waals surface area contributed by atoms with E-state index in [2.05, 4.69) is 29.7 Å². The lowest BCUT2D eigenvalue weighted by molar-refractivity contribution is -0.113. The Labute approximate surface area is 238 Å². The van der Waals surface area contributed by atoms with Crippen LogP contribution in [0.3, 0.4) is 0 Å². The molecule has 3 aromatic carbocycles. The Hall–Kier alpha value is -4.24. The molecule has 40 heavy (non-hydrogen) atoms. The van der Waals surface area contributed by atoms with Gasteiger partial charge in [0.05, 0.1) is 24.5 Å². The summed E-state index contributed by atoms with van der Waals surface area (Å²) in [4.78, 5) is 18.7. The highest BCUT2D eigenvalue weighted by atomic mass is 32.2. The summed E-state index contributed by atoms with van der Waals surface area (Å²) in [5, 5.41) is 11.9. The third-order valence-electron chi connectivity index (χ3n) is 6.37. The number of benzene rings is 3. The molecular weight excluding hydrogens is 522 g/mol. The lowest BCUT2D eigenvalue weighted by Crippen LogP contribution is -2.31. The maximum absolute atomic E-state index is 13.9. The van der Waals surface area contributed by atoms with Gasteiger partial charge in [0, 0.05) is 11.4 Å². The van der Waals surface area contributed by atoms with E-state index in [1.165, 1.54) is 5.56 Å². The summed E-state index contributed by atoms with van der Waals surface area (Å²) in [7, 11) is 0. The standard InChI is InChI=1S/C31H33N5O3S/c1-4-18-39-24-15-11-14-23(19-24)28-27(29(37)33-25-16-9-10-17-26(25)38-5-2)21(3)32-30-34-31(35-36(28)30)40-20-22-12-7-6-8-13-22/h6-17,19,28H,4-5,18,20H2,1-3H3,(H,33,37)(H,32,34,35). The molecule has 9 heteroatoms. The van der Waals surface area contributed by atoms with Crippen LogP contribution in [0.4, 0.5) is 11.6 Å². The van der Waals surface area contributed by atoms with Gasteiger partial charge in [-0.1, -0.05) is 73.3 Å². The first-order valence-electron chi connectivity index (χ1n) is 13.4. The summed E-state index contributed by atoms with van der Waals surface area (Å²) < 4.78 is 13.5. The molecule has 1 aliphatic heterocycles. The lowest BCUT2D eigenvalue weighted by Gasteiger charge is -2.29. The molecule has 0 saturated carbocycles.